The molecular formula is C12H12FNO3. The van der Waals surface area contributed by atoms with Crippen molar-refractivity contribution in [2.75, 3.05) is 0 Å². The van der Waals surface area contributed by atoms with Crippen LogP contribution in [0.5, 0.6) is 5.75 Å². The smallest absolute Gasteiger partial charge is 0.174 e. The lowest BCUT2D eigenvalue weighted by Gasteiger charge is -2.08. The lowest BCUT2D eigenvalue weighted by molar-refractivity contribution is 0.193. The van der Waals surface area contributed by atoms with E-state index in [0.717, 1.165) is 0 Å². The number of hydrogen-bond acceptors (Lipinski definition) is 4. The molecular weight excluding hydrogens is 225 g/mol. The van der Waals surface area contributed by atoms with Gasteiger partial charge in [0.2, 0.25) is 0 Å². The first-order chi connectivity index (χ1) is 8.16. The summed E-state index contributed by atoms with van der Waals surface area (Å²) in [6.45, 7) is 1.70. The van der Waals surface area contributed by atoms with Crippen molar-refractivity contribution in [2.45, 2.75) is 19.6 Å². The van der Waals surface area contributed by atoms with Gasteiger partial charge in [-0.05, 0) is 19.1 Å². The molecule has 5 heteroatoms. The molecule has 1 N–H and O–H groups in total. The SMILES string of the molecule is CC(O)c1ccc(OCc2ccno2)cc1F. The molecule has 1 heterocycles. The Hall–Kier alpha value is -1.88. The summed E-state index contributed by atoms with van der Waals surface area (Å²) in [5.41, 5.74) is 0.247. The Balaban J connectivity index is 2.05. The monoisotopic (exact) mass is 237 g/mol. The maximum absolute atomic E-state index is 13.5. The molecule has 0 radical (unpaired) electrons. The van der Waals surface area contributed by atoms with E-state index in [2.05, 4.69) is 5.16 Å². The molecule has 0 saturated carbocycles. The molecule has 4 nitrogen and oxygen atoms in total. The van der Waals surface area contributed by atoms with Crippen LogP contribution in [0, 0.1) is 5.82 Å². The normalized spacial score (nSPS) is 12.4. The fourth-order valence-electron chi connectivity index (χ4n) is 1.41. The van der Waals surface area contributed by atoms with E-state index in [1.807, 2.05) is 0 Å². The minimum Gasteiger partial charge on any atom is -0.485 e. The van der Waals surface area contributed by atoms with E-state index in [9.17, 15) is 9.50 Å². The first kappa shape index (κ1) is 11.6. The third-order valence-electron chi connectivity index (χ3n) is 2.29. The summed E-state index contributed by atoms with van der Waals surface area (Å²) in [6.07, 6.45) is 0.675. The Morgan fingerprint density at radius 3 is 2.88 bits per heavy atom. The van der Waals surface area contributed by atoms with Crippen molar-refractivity contribution in [3.05, 3.63) is 47.6 Å². The quantitative estimate of drug-likeness (QED) is 0.887. The van der Waals surface area contributed by atoms with Crippen LogP contribution < -0.4 is 4.74 Å². The van der Waals surface area contributed by atoms with Gasteiger partial charge in [0, 0.05) is 17.7 Å². The molecule has 90 valence electrons. The number of aromatic nitrogens is 1. The molecule has 0 aliphatic heterocycles. The Morgan fingerprint density at radius 2 is 2.29 bits per heavy atom. The van der Waals surface area contributed by atoms with Crippen molar-refractivity contribution in [3.8, 4) is 5.75 Å². The molecule has 0 aliphatic carbocycles. The number of benzene rings is 1. The van der Waals surface area contributed by atoms with Crippen LogP contribution in [0.4, 0.5) is 4.39 Å². The van der Waals surface area contributed by atoms with Crippen LogP contribution in [0.25, 0.3) is 0 Å². The molecule has 2 aromatic rings. The summed E-state index contributed by atoms with van der Waals surface area (Å²) >= 11 is 0. The fraction of sp³-hybridized carbons (Fsp3) is 0.250. The van der Waals surface area contributed by atoms with Crippen LogP contribution in [-0.2, 0) is 6.61 Å². The fourth-order valence-corrected chi connectivity index (χ4v) is 1.41. The van der Waals surface area contributed by atoms with Gasteiger partial charge in [-0.25, -0.2) is 4.39 Å². The predicted molar refractivity (Wildman–Crippen MR) is 57.9 cm³/mol. The van der Waals surface area contributed by atoms with Gasteiger partial charge in [0.05, 0.1) is 12.3 Å². The summed E-state index contributed by atoms with van der Waals surface area (Å²) in [5.74, 6) is 0.448. The molecule has 2 rings (SSSR count). The maximum Gasteiger partial charge on any atom is 0.174 e. The molecule has 0 fully saturated rings. The van der Waals surface area contributed by atoms with Gasteiger partial charge in [0.25, 0.3) is 0 Å². The molecule has 1 unspecified atom stereocenters. The van der Waals surface area contributed by atoms with Gasteiger partial charge in [-0.1, -0.05) is 5.16 Å². The minimum absolute atomic E-state index is 0.188. The van der Waals surface area contributed by atoms with Crippen molar-refractivity contribution in [1.29, 1.82) is 0 Å². The molecule has 1 aromatic carbocycles. The van der Waals surface area contributed by atoms with Crippen LogP contribution >= 0.6 is 0 Å². The summed E-state index contributed by atoms with van der Waals surface area (Å²) in [4.78, 5) is 0. The summed E-state index contributed by atoms with van der Waals surface area (Å²) in [6, 6.07) is 6.00. The van der Waals surface area contributed by atoms with E-state index in [1.165, 1.54) is 25.3 Å². The van der Waals surface area contributed by atoms with E-state index < -0.39 is 11.9 Å². The number of aliphatic hydroxyl groups excluding tert-OH is 1. The van der Waals surface area contributed by atoms with E-state index in [4.69, 9.17) is 9.26 Å². The largest absolute Gasteiger partial charge is 0.485 e. The number of hydrogen-bond donors (Lipinski definition) is 1. The third kappa shape index (κ3) is 2.82. The molecule has 0 saturated heterocycles. The first-order valence-electron chi connectivity index (χ1n) is 5.16. The van der Waals surface area contributed by atoms with E-state index in [1.54, 1.807) is 12.1 Å². The lowest BCUT2D eigenvalue weighted by Crippen LogP contribution is -1.98. The van der Waals surface area contributed by atoms with Crippen LogP contribution in [0.1, 0.15) is 24.4 Å². The first-order valence-corrected chi connectivity index (χ1v) is 5.16. The molecule has 0 spiro atoms. The number of rotatable bonds is 4. The molecule has 0 aliphatic rings. The highest BCUT2D eigenvalue weighted by Crippen LogP contribution is 2.22. The Labute approximate surface area is 97.6 Å². The van der Waals surface area contributed by atoms with Crippen LogP contribution in [0.2, 0.25) is 0 Å². The highest BCUT2D eigenvalue weighted by Gasteiger charge is 2.09. The van der Waals surface area contributed by atoms with Crippen LogP contribution in [-0.4, -0.2) is 10.3 Å². The zero-order chi connectivity index (χ0) is 12.3. The number of halogens is 1. The summed E-state index contributed by atoms with van der Waals surface area (Å²) < 4.78 is 23.6. The zero-order valence-electron chi connectivity index (χ0n) is 9.26. The van der Waals surface area contributed by atoms with Gasteiger partial charge in [-0.3, -0.25) is 0 Å². The third-order valence-corrected chi connectivity index (χ3v) is 2.29. The van der Waals surface area contributed by atoms with Gasteiger partial charge in [-0.15, -0.1) is 0 Å². The zero-order valence-corrected chi connectivity index (χ0v) is 9.26. The molecule has 0 bridgehead atoms. The van der Waals surface area contributed by atoms with Gasteiger partial charge in [-0.2, -0.15) is 0 Å². The van der Waals surface area contributed by atoms with Crippen molar-refractivity contribution in [2.24, 2.45) is 0 Å². The van der Waals surface area contributed by atoms with Crippen LogP contribution in [0.3, 0.4) is 0 Å². The molecule has 17 heavy (non-hydrogen) atoms. The van der Waals surface area contributed by atoms with Crippen molar-refractivity contribution >= 4 is 0 Å². The molecule has 1 aromatic heterocycles. The highest BCUT2D eigenvalue weighted by atomic mass is 19.1. The summed E-state index contributed by atoms with van der Waals surface area (Å²) in [5, 5.41) is 12.8. The van der Waals surface area contributed by atoms with Gasteiger partial charge in [0.1, 0.15) is 18.2 Å². The number of nitrogens with zero attached hydrogens (tertiary/aromatic N) is 1. The lowest BCUT2D eigenvalue weighted by atomic mass is 10.1. The second kappa shape index (κ2) is 4.97. The van der Waals surface area contributed by atoms with E-state index >= 15 is 0 Å². The van der Waals surface area contributed by atoms with Gasteiger partial charge in [0.15, 0.2) is 5.76 Å². The maximum atomic E-state index is 13.5. The Bertz CT molecular complexity index is 483. The molecule has 0 amide bonds. The van der Waals surface area contributed by atoms with Crippen molar-refractivity contribution in [3.63, 3.8) is 0 Å². The van der Waals surface area contributed by atoms with Crippen molar-refractivity contribution in [1.82, 2.24) is 5.16 Å². The van der Waals surface area contributed by atoms with E-state index in [-0.39, 0.29) is 12.2 Å². The average Bonchev–Trinajstić information content (AvgIpc) is 2.78. The van der Waals surface area contributed by atoms with Crippen molar-refractivity contribution < 1.29 is 18.8 Å². The van der Waals surface area contributed by atoms with Crippen LogP contribution in [0.15, 0.2) is 35.0 Å². The second-order valence-corrected chi connectivity index (χ2v) is 3.63. The van der Waals surface area contributed by atoms with Gasteiger partial charge >= 0.3 is 0 Å². The minimum atomic E-state index is -0.835. The number of ether oxygens (including phenoxy) is 1. The van der Waals surface area contributed by atoms with E-state index in [0.29, 0.717) is 11.5 Å². The topological polar surface area (TPSA) is 55.5 Å². The Kier molecular flexibility index (Phi) is 3.39. The van der Waals surface area contributed by atoms with Gasteiger partial charge < -0.3 is 14.4 Å². The highest BCUT2D eigenvalue weighted by molar-refractivity contribution is 5.30. The number of aliphatic hydroxyl groups is 1. The second-order valence-electron chi connectivity index (χ2n) is 3.63. The Morgan fingerprint density at radius 1 is 1.47 bits per heavy atom. The predicted octanol–water partition coefficient (Wildman–Crippen LogP) is 2.45. The summed E-state index contributed by atoms with van der Waals surface area (Å²) in [7, 11) is 0. The molecule has 1 atom stereocenters. The standard InChI is InChI=1S/C12H12FNO3/c1-8(15)11-3-2-9(6-12(11)13)16-7-10-4-5-14-17-10/h2-6,8,15H,7H2,1H3. The average molecular weight is 237 g/mol.